The topological polar surface area (TPSA) is 81.6 Å². The van der Waals surface area contributed by atoms with Gasteiger partial charge in [0.15, 0.2) is 0 Å². The minimum absolute atomic E-state index is 0.133. The maximum atomic E-state index is 5.12. The molecule has 0 radical (unpaired) electrons. The van der Waals surface area contributed by atoms with E-state index in [1.807, 2.05) is 59.8 Å². The van der Waals surface area contributed by atoms with E-state index in [-0.39, 0.29) is 6.04 Å². The van der Waals surface area contributed by atoms with Gasteiger partial charge in [-0.3, -0.25) is 4.40 Å². The van der Waals surface area contributed by atoms with Gasteiger partial charge >= 0.3 is 0 Å². The zero-order chi connectivity index (χ0) is 17.4. The number of nitrogens with zero attached hydrogens (tertiary/aromatic N) is 6. The number of aryl methyl sites for hydroxylation is 1. The Morgan fingerprint density at radius 2 is 2.04 bits per heavy atom. The maximum absolute atomic E-state index is 5.12. The Bertz CT molecular complexity index is 1040. The highest BCUT2D eigenvalue weighted by Crippen LogP contribution is 2.25. The molecule has 0 saturated heterocycles. The third kappa shape index (κ3) is 2.80. The van der Waals surface area contributed by atoms with Gasteiger partial charge in [-0.25, -0.2) is 19.5 Å². The monoisotopic (exact) mass is 337 g/mol. The van der Waals surface area contributed by atoms with Crippen LogP contribution in [0.25, 0.3) is 22.4 Å². The van der Waals surface area contributed by atoms with Crippen molar-refractivity contribution >= 4 is 17.2 Å². The van der Waals surface area contributed by atoms with Crippen LogP contribution in [0, 0.1) is 6.92 Å². The van der Waals surface area contributed by atoms with E-state index in [0.717, 1.165) is 22.3 Å². The second-order valence-corrected chi connectivity index (χ2v) is 6.05. The van der Waals surface area contributed by atoms with E-state index in [1.165, 1.54) is 0 Å². The number of methoxy groups -OCH3 is 1. The summed E-state index contributed by atoms with van der Waals surface area (Å²) in [7, 11) is 1.67. The van der Waals surface area contributed by atoms with Crippen LogP contribution in [-0.2, 0) is 4.74 Å². The van der Waals surface area contributed by atoms with Crippen molar-refractivity contribution in [2.24, 2.45) is 0 Å². The van der Waals surface area contributed by atoms with Crippen LogP contribution in [0.15, 0.2) is 37.1 Å². The number of ether oxygens (including phenoxy) is 1. The summed E-state index contributed by atoms with van der Waals surface area (Å²) in [6, 6.07) is 2.15. The first-order valence-corrected chi connectivity index (χ1v) is 8.05. The largest absolute Gasteiger partial charge is 0.383 e. The molecule has 1 unspecified atom stereocenters. The first-order valence-electron chi connectivity index (χ1n) is 8.05. The van der Waals surface area contributed by atoms with Crippen LogP contribution in [0.3, 0.4) is 0 Å². The van der Waals surface area contributed by atoms with Gasteiger partial charge in [0, 0.05) is 48.6 Å². The van der Waals surface area contributed by atoms with Crippen LogP contribution in [0.5, 0.6) is 0 Å². The van der Waals surface area contributed by atoms with Crippen LogP contribution >= 0.6 is 0 Å². The lowest BCUT2D eigenvalue weighted by molar-refractivity contribution is 0.190. The smallest absolute Gasteiger partial charge is 0.241 e. The SMILES string of the molecule is COCC(C)Nc1ncc2c(-c3cnc4ncc(C)n4c3)ccn2n1. The zero-order valence-electron chi connectivity index (χ0n) is 14.3. The molecular weight excluding hydrogens is 318 g/mol. The first kappa shape index (κ1) is 15.5. The van der Waals surface area contributed by atoms with Crippen LogP contribution in [-0.4, -0.2) is 48.7 Å². The van der Waals surface area contributed by atoms with Gasteiger partial charge in [-0.2, -0.15) is 0 Å². The fourth-order valence-electron chi connectivity index (χ4n) is 2.85. The van der Waals surface area contributed by atoms with Crippen molar-refractivity contribution in [1.29, 1.82) is 0 Å². The Kier molecular flexibility index (Phi) is 3.81. The minimum Gasteiger partial charge on any atom is -0.383 e. The van der Waals surface area contributed by atoms with E-state index >= 15 is 0 Å². The van der Waals surface area contributed by atoms with Crippen LogP contribution in [0.2, 0.25) is 0 Å². The molecule has 0 aliphatic rings. The average molecular weight is 337 g/mol. The molecule has 0 aliphatic heterocycles. The molecule has 0 aliphatic carbocycles. The second kappa shape index (κ2) is 6.14. The van der Waals surface area contributed by atoms with Gasteiger partial charge in [0.1, 0.15) is 0 Å². The lowest BCUT2D eigenvalue weighted by Gasteiger charge is -2.12. The molecule has 0 aromatic carbocycles. The van der Waals surface area contributed by atoms with Crippen molar-refractivity contribution in [1.82, 2.24) is 29.0 Å². The Labute approximate surface area is 144 Å². The summed E-state index contributed by atoms with van der Waals surface area (Å²) in [6.07, 6.45) is 9.40. The highest BCUT2D eigenvalue weighted by Gasteiger charge is 2.11. The predicted octanol–water partition coefficient (Wildman–Crippen LogP) is 2.19. The zero-order valence-corrected chi connectivity index (χ0v) is 14.3. The van der Waals surface area contributed by atoms with Gasteiger partial charge < -0.3 is 10.1 Å². The van der Waals surface area contributed by atoms with Crippen molar-refractivity contribution < 1.29 is 4.74 Å². The van der Waals surface area contributed by atoms with Gasteiger partial charge in [-0.05, 0) is 19.9 Å². The molecule has 1 N–H and O–H groups in total. The Hall–Kier alpha value is -3.00. The number of anilines is 1. The van der Waals surface area contributed by atoms with E-state index < -0.39 is 0 Å². The molecule has 0 amide bonds. The summed E-state index contributed by atoms with van der Waals surface area (Å²) in [5.74, 6) is 1.26. The molecule has 25 heavy (non-hydrogen) atoms. The molecule has 4 heterocycles. The summed E-state index contributed by atoms with van der Waals surface area (Å²) >= 11 is 0. The number of rotatable bonds is 5. The quantitative estimate of drug-likeness (QED) is 0.601. The van der Waals surface area contributed by atoms with Gasteiger partial charge in [0.2, 0.25) is 11.7 Å². The van der Waals surface area contributed by atoms with Gasteiger partial charge in [-0.1, -0.05) is 0 Å². The number of nitrogens with one attached hydrogen (secondary N) is 1. The number of hydrogen-bond donors (Lipinski definition) is 1. The summed E-state index contributed by atoms with van der Waals surface area (Å²) in [5.41, 5.74) is 3.98. The van der Waals surface area contributed by atoms with Crippen molar-refractivity contribution in [2.75, 3.05) is 19.0 Å². The van der Waals surface area contributed by atoms with E-state index in [0.29, 0.717) is 18.3 Å². The van der Waals surface area contributed by atoms with Crippen molar-refractivity contribution in [2.45, 2.75) is 19.9 Å². The molecule has 4 rings (SSSR count). The van der Waals surface area contributed by atoms with Crippen molar-refractivity contribution in [3.8, 4) is 11.1 Å². The summed E-state index contributed by atoms with van der Waals surface area (Å²) in [5, 5.41) is 7.73. The molecule has 0 saturated carbocycles. The normalized spacial score (nSPS) is 12.8. The molecule has 128 valence electrons. The standard InChI is InChI=1S/C17H19N7O/c1-11(10-25-3)21-16-18-8-15-14(4-5-24(15)22-16)13-7-20-17-19-6-12(2)23(17)9-13/h4-9,11H,10H2,1-3H3,(H,21,22). The molecule has 0 fully saturated rings. The Balaban J connectivity index is 1.71. The number of aromatic nitrogens is 6. The highest BCUT2D eigenvalue weighted by molar-refractivity contribution is 5.79. The maximum Gasteiger partial charge on any atom is 0.241 e. The highest BCUT2D eigenvalue weighted by atomic mass is 16.5. The molecule has 8 nitrogen and oxygen atoms in total. The van der Waals surface area contributed by atoms with E-state index in [1.54, 1.807) is 7.11 Å². The fraction of sp³-hybridized carbons (Fsp3) is 0.294. The number of fused-ring (bicyclic) bond motifs is 2. The Morgan fingerprint density at radius 1 is 1.20 bits per heavy atom. The summed E-state index contributed by atoms with van der Waals surface area (Å²) < 4.78 is 8.91. The van der Waals surface area contributed by atoms with E-state index in [4.69, 9.17) is 4.74 Å². The predicted molar refractivity (Wildman–Crippen MR) is 94.7 cm³/mol. The second-order valence-electron chi connectivity index (χ2n) is 6.05. The molecule has 1 atom stereocenters. The molecule has 0 spiro atoms. The van der Waals surface area contributed by atoms with Gasteiger partial charge in [0.25, 0.3) is 0 Å². The summed E-state index contributed by atoms with van der Waals surface area (Å²) in [4.78, 5) is 13.1. The van der Waals surface area contributed by atoms with Crippen molar-refractivity contribution in [3.63, 3.8) is 0 Å². The van der Waals surface area contributed by atoms with Crippen LogP contribution in [0.4, 0.5) is 5.95 Å². The molecule has 8 heteroatoms. The summed E-state index contributed by atoms with van der Waals surface area (Å²) in [6.45, 7) is 4.62. The van der Waals surface area contributed by atoms with Crippen LogP contribution < -0.4 is 5.32 Å². The molecule has 4 aromatic heterocycles. The molecular formula is C17H19N7O. The number of imidazole rings is 1. The van der Waals surface area contributed by atoms with Crippen LogP contribution in [0.1, 0.15) is 12.6 Å². The number of hydrogen-bond acceptors (Lipinski definition) is 6. The molecule has 0 bridgehead atoms. The third-order valence-corrected chi connectivity index (χ3v) is 4.07. The van der Waals surface area contributed by atoms with Gasteiger partial charge in [0.05, 0.1) is 24.5 Å². The van der Waals surface area contributed by atoms with E-state index in [2.05, 4.69) is 25.4 Å². The third-order valence-electron chi connectivity index (χ3n) is 4.07. The first-order chi connectivity index (χ1) is 12.2. The average Bonchev–Trinajstić information content (AvgIpc) is 3.18. The lowest BCUT2D eigenvalue weighted by Crippen LogP contribution is -2.22. The molecule has 4 aromatic rings. The van der Waals surface area contributed by atoms with E-state index in [9.17, 15) is 0 Å². The van der Waals surface area contributed by atoms with Crippen molar-refractivity contribution in [3.05, 3.63) is 42.7 Å². The Morgan fingerprint density at radius 3 is 2.88 bits per heavy atom. The lowest BCUT2D eigenvalue weighted by atomic mass is 10.1. The van der Waals surface area contributed by atoms with Gasteiger partial charge in [-0.15, -0.1) is 5.10 Å². The fourth-order valence-corrected chi connectivity index (χ4v) is 2.85. The minimum atomic E-state index is 0.133.